The molecule has 0 saturated heterocycles. The van der Waals surface area contributed by atoms with Gasteiger partial charge in [-0.3, -0.25) is 15.0 Å². The van der Waals surface area contributed by atoms with Crippen molar-refractivity contribution in [2.45, 2.75) is 0 Å². The predicted molar refractivity (Wildman–Crippen MR) is 190 cm³/mol. The van der Waals surface area contributed by atoms with Gasteiger partial charge in [0, 0.05) is 35.3 Å². The fraction of sp³-hybridized carbons (Fsp3) is 0. The first-order valence-electron chi connectivity index (χ1n) is 15.4. The SMILES string of the molecule is c1ccc(-c2ccc(-c3ccc(-c4ccc(-c5ccccn5)c5ccccc45)cc3-c3ccc(-c4ccccn4)cc3)cc2)nc1. The number of pyridine rings is 3. The highest BCUT2D eigenvalue weighted by Gasteiger charge is 2.14. The molecule has 0 bridgehead atoms. The summed E-state index contributed by atoms with van der Waals surface area (Å²) in [6, 6.07) is 55.4. The van der Waals surface area contributed by atoms with Crippen molar-refractivity contribution in [2.75, 3.05) is 0 Å². The molecule has 3 heteroatoms. The molecule has 0 aliphatic carbocycles. The average molecular weight is 588 g/mol. The van der Waals surface area contributed by atoms with Crippen molar-refractivity contribution in [2.24, 2.45) is 0 Å². The van der Waals surface area contributed by atoms with Gasteiger partial charge in [0.1, 0.15) is 0 Å². The minimum Gasteiger partial charge on any atom is -0.256 e. The molecular formula is C43H29N3. The topological polar surface area (TPSA) is 38.7 Å². The Bertz CT molecular complexity index is 2260. The zero-order valence-electron chi connectivity index (χ0n) is 25.1. The number of hydrogen-bond donors (Lipinski definition) is 0. The predicted octanol–water partition coefficient (Wildman–Crippen LogP) is 11.0. The summed E-state index contributed by atoms with van der Waals surface area (Å²) in [5.74, 6) is 0. The molecule has 216 valence electrons. The summed E-state index contributed by atoms with van der Waals surface area (Å²) in [4.78, 5) is 13.7. The number of nitrogens with zero attached hydrogens (tertiary/aromatic N) is 3. The quantitative estimate of drug-likeness (QED) is 0.194. The van der Waals surface area contributed by atoms with Gasteiger partial charge in [-0.25, -0.2) is 0 Å². The van der Waals surface area contributed by atoms with Gasteiger partial charge in [0.15, 0.2) is 0 Å². The summed E-state index contributed by atoms with van der Waals surface area (Å²) < 4.78 is 0. The molecular weight excluding hydrogens is 558 g/mol. The molecule has 0 N–H and O–H groups in total. The van der Waals surface area contributed by atoms with Crippen molar-refractivity contribution in [3.05, 3.63) is 176 Å². The number of rotatable bonds is 6. The van der Waals surface area contributed by atoms with Gasteiger partial charge >= 0.3 is 0 Å². The van der Waals surface area contributed by atoms with E-state index >= 15 is 0 Å². The summed E-state index contributed by atoms with van der Waals surface area (Å²) >= 11 is 0. The van der Waals surface area contributed by atoms with Gasteiger partial charge in [0.2, 0.25) is 0 Å². The lowest BCUT2D eigenvalue weighted by Gasteiger charge is -2.16. The zero-order chi connectivity index (χ0) is 30.7. The molecule has 3 nitrogen and oxygen atoms in total. The number of aromatic nitrogens is 3. The van der Waals surface area contributed by atoms with Gasteiger partial charge < -0.3 is 0 Å². The third-order valence-electron chi connectivity index (χ3n) is 8.51. The fourth-order valence-corrected chi connectivity index (χ4v) is 6.21. The first-order valence-corrected chi connectivity index (χ1v) is 15.4. The van der Waals surface area contributed by atoms with Gasteiger partial charge in [-0.15, -0.1) is 0 Å². The van der Waals surface area contributed by atoms with E-state index < -0.39 is 0 Å². The van der Waals surface area contributed by atoms with Gasteiger partial charge in [-0.1, -0.05) is 115 Å². The molecule has 0 aliphatic heterocycles. The molecule has 3 heterocycles. The van der Waals surface area contributed by atoms with Crippen LogP contribution in [0.3, 0.4) is 0 Å². The minimum atomic E-state index is 0.965. The van der Waals surface area contributed by atoms with Crippen molar-refractivity contribution < 1.29 is 0 Å². The van der Waals surface area contributed by atoms with E-state index in [4.69, 9.17) is 0 Å². The maximum Gasteiger partial charge on any atom is 0.0708 e. The van der Waals surface area contributed by atoms with Crippen LogP contribution < -0.4 is 0 Å². The molecule has 3 aromatic heterocycles. The van der Waals surface area contributed by atoms with E-state index in [0.29, 0.717) is 0 Å². The lowest BCUT2D eigenvalue weighted by atomic mass is 9.88. The Morgan fingerprint density at radius 2 is 0.674 bits per heavy atom. The minimum absolute atomic E-state index is 0.965. The smallest absolute Gasteiger partial charge is 0.0708 e. The Kier molecular flexibility index (Phi) is 7.18. The molecule has 46 heavy (non-hydrogen) atoms. The molecule has 0 fully saturated rings. The second-order valence-electron chi connectivity index (χ2n) is 11.3. The molecule has 0 saturated carbocycles. The highest BCUT2D eigenvalue weighted by molar-refractivity contribution is 6.05. The van der Waals surface area contributed by atoms with Gasteiger partial charge in [-0.2, -0.15) is 0 Å². The van der Waals surface area contributed by atoms with Crippen LogP contribution in [0.5, 0.6) is 0 Å². The number of benzene rings is 5. The number of hydrogen-bond acceptors (Lipinski definition) is 3. The standard InChI is InChI=1S/C43H29N3/c1-2-10-38-37(9-1)36(24-25-39(38)43-13-5-8-28-46-43)34-22-23-35(30-14-18-32(19-15-30)41-11-3-6-26-44-41)40(29-34)31-16-20-33(21-17-31)42-12-4-7-27-45-42/h1-29H. The van der Waals surface area contributed by atoms with E-state index in [1.807, 2.05) is 67.1 Å². The molecule has 0 spiro atoms. The molecule has 5 aromatic carbocycles. The molecule has 0 radical (unpaired) electrons. The van der Waals surface area contributed by atoms with Crippen molar-refractivity contribution in [1.29, 1.82) is 0 Å². The van der Waals surface area contributed by atoms with E-state index in [9.17, 15) is 0 Å². The Hall–Kier alpha value is -6.19. The van der Waals surface area contributed by atoms with Crippen LogP contribution in [0, 0.1) is 0 Å². The highest BCUT2D eigenvalue weighted by Crippen LogP contribution is 2.40. The van der Waals surface area contributed by atoms with Crippen molar-refractivity contribution in [3.8, 4) is 67.2 Å². The lowest BCUT2D eigenvalue weighted by molar-refractivity contribution is 1.33. The summed E-state index contributed by atoms with van der Waals surface area (Å²) in [5, 5.41) is 2.39. The Morgan fingerprint density at radius 3 is 1.22 bits per heavy atom. The third-order valence-corrected chi connectivity index (χ3v) is 8.51. The summed E-state index contributed by atoms with van der Waals surface area (Å²) in [7, 11) is 0. The summed E-state index contributed by atoms with van der Waals surface area (Å²) in [5.41, 5.74) is 13.3. The van der Waals surface area contributed by atoms with Crippen LogP contribution in [-0.2, 0) is 0 Å². The van der Waals surface area contributed by atoms with Gasteiger partial charge in [-0.05, 0) is 86.6 Å². The third kappa shape index (κ3) is 5.25. The average Bonchev–Trinajstić information content (AvgIpc) is 3.15. The van der Waals surface area contributed by atoms with Crippen LogP contribution in [0.1, 0.15) is 0 Å². The van der Waals surface area contributed by atoms with Crippen molar-refractivity contribution in [1.82, 2.24) is 15.0 Å². The molecule has 0 atom stereocenters. The van der Waals surface area contributed by atoms with Crippen LogP contribution in [-0.4, -0.2) is 15.0 Å². The lowest BCUT2D eigenvalue weighted by Crippen LogP contribution is -1.91. The maximum absolute atomic E-state index is 4.65. The van der Waals surface area contributed by atoms with E-state index in [0.717, 1.165) is 44.9 Å². The van der Waals surface area contributed by atoms with Crippen LogP contribution in [0.4, 0.5) is 0 Å². The van der Waals surface area contributed by atoms with E-state index in [2.05, 4.69) is 124 Å². The van der Waals surface area contributed by atoms with Gasteiger partial charge in [0.25, 0.3) is 0 Å². The fourth-order valence-electron chi connectivity index (χ4n) is 6.21. The highest BCUT2D eigenvalue weighted by atomic mass is 14.7. The van der Waals surface area contributed by atoms with Crippen LogP contribution >= 0.6 is 0 Å². The van der Waals surface area contributed by atoms with E-state index in [-0.39, 0.29) is 0 Å². The van der Waals surface area contributed by atoms with Gasteiger partial charge in [0.05, 0.1) is 17.1 Å². The monoisotopic (exact) mass is 587 g/mol. The van der Waals surface area contributed by atoms with Crippen molar-refractivity contribution >= 4 is 10.8 Å². The summed E-state index contributed by atoms with van der Waals surface area (Å²) in [6.45, 7) is 0. The normalized spacial score (nSPS) is 11.0. The molecule has 8 rings (SSSR count). The van der Waals surface area contributed by atoms with Crippen molar-refractivity contribution in [3.63, 3.8) is 0 Å². The Morgan fingerprint density at radius 1 is 0.261 bits per heavy atom. The molecule has 0 unspecified atom stereocenters. The van der Waals surface area contributed by atoms with Crippen LogP contribution in [0.15, 0.2) is 176 Å². The van der Waals surface area contributed by atoms with E-state index in [1.165, 1.54) is 33.0 Å². The Labute approximate surface area is 268 Å². The first-order chi connectivity index (χ1) is 22.8. The zero-order valence-corrected chi connectivity index (χ0v) is 25.1. The number of fused-ring (bicyclic) bond motifs is 1. The second-order valence-corrected chi connectivity index (χ2v) is 11.3. The first kappa shape index (κ1) is 27.4. The second kappa shape index (κ2) is 12.1. The van der Waals surface area contributed by atoms with Crippen LogP contribution in [0.2, 0.25) is 0 Å². The molecule has 0 amide bonds. The Balaban J connectivity index is 1.27. The molecule has 0 aliphatic rings. The van der Waals surface area contributed by atoms with Crippen LogP contribution in [0.25, 0.3) is 77.9 Å². The largest absolute Gasteiger partial charge is 0.256 e. The van der Waals surface area contributed by atoms with E-state index in [1.54, 1.807) is 0 Å². The molecule has 8 aromatic rings. The summed E-state index contributed by atoms with van der Waals surface area (Å²) in [6.07, 6.45) is 5.52. The maximum atomic E-state index is 4.65.